The van der Waals surface area contributed by atoms with Crippen molar-refractivity contribution in [2.45, 2.75) is 39.8 Å². The van der Waals surface area contributed by atoms with E-state index in [0.29, 0.717) is 12.1 Å². The van der Waals surface area contributed by atoms with Crippen LogP contribution >= 0.6 is 12.1 Å². The van der Waals surface area contributed by atoms with Crippen molar-refractivity contribution in [3.05, 3.63) is 0 Å². The van der Waals surface area contributed by atoms with Gasteiger partial charge in [0.15, 0.2) is 0 Å². The highest BCUT2D eigenvalue weighted by atomic mass is 32.2. The van der Waals surface area contributed by atoms with Gasteiger partial charge in [0.2, 0.25) is 0 Å². The third-order valence-corrected chi connectivity index (χ3v) is 2.29. The monoisotopic (exact) mass is 201 g/mol. The lowest BCUT2D eigenvalue weighted by Crippen LogP contribution is -2.25. The highest BCUT2D eigenvalue weighted by Gasteiger charge is 2.12. The minimum Gasteiger partial charge on any atom is -0.460 e. The minimum absolute atomic E-state index is 0.127. The summed E-state index contributed by atoms with van der Waals surface area (Å²) in [5.74, 6) is 0. The standard InChI is InChI=1S/C8H15N3OS/c1-6(2)11-5-9-8(10-13-11)12-7(3)4/h5-7H,1-4H3. The number of aliphatic imine (C=N–C) groups is 1. The Morgan fingerprint density at radius 2 is 2.08 bits per heavy atom. The molecule has 74 valence electrons. The lowest BCUT2D eigenvalue weighted by molar-refractivity contribution is 0.225. The molecule has 0 radical (unpaired) electrons. The van der Waals surface area contributed by atoms with Crippen LogP contribution < -0.4 is 0 Å². The van der Waals surface area contributed by atoms with Crippen LogP contribution in [0.25, 0.3) is 0 Å². The number of ether oxygens (including phenoxy) is 1. The van der Waals surface area contributed by atoms with Gasteiger partial charge in [-0.3, -0.25) is 4.31 Å². The van der Waals surface area contributed by atoms with E-state index in [1.165, 1.54) is 12.1 Å². The molecule has 1 rings (SSSR count). The first-order chi connectivity index (χ1) is 6.09. The molecule has 0 unspecified atom stereocenters. The van der Waals surface area contributed by atoms with Crippen molar-refractivity contribution in [2.75, 3.05) is 0 Å². The van der Waals surface area contributed by atoms with E-state index >= 15 is 0 Å². The van der Waals surface area contributed by atoms with Gasteiger partial charge >= 0.3 is 6.02 Å². The molecule has 1 aliphatic rings. The first kappa shape index (κ1) is 10.4. The first-order valence-electron chi connectivity index (χ1n) is 4.34. The summed E-state index contributed by atoms with van der Waals surface area (Å²) in [6.07, 6.45) is 1.88. The summed E-state index contributed by atoms with van der Waals surface area (Å²) in [5, 5.41) is 0. The van der Waals surface area contributed by atoms with Gasteiger partial charge in [0, 0.05) is 6.04 Å². The third kappa shape index (κ3) is 3.26. The average Bonchev–Trinajstić information content (AvgIpc) is 2.04. The van der Waals surface area contributed by atoms with E-state index in [4.69, 9.17) is 4.74 Å². The molecule has 0 saturated carbocycles. The van der Waals surface area contributed by atoms with Gasteiger partial charge in [-0.05, 0) is 27.7 Å². The molecule has 1 aliphatic heterocycles. The Morgan fingerprint density at radius 3 is 2.46 bits per heavy atom. The molecule has 0 bridgehead atoms. The summed E-state index contributed by atoms with van der Waals surface area (Å²) in [4.78, 5) is 4.08. The quantitative estimate of drug-likeness (QED) is 0.642. The van der Waals surface area contributed by atoms with Crippen molar-refractivity contribution < 1.29 is 4.74 Å². The number of nitrogens with zero attached hydrogens (tertiary/aromatic N) is 3. The molecule has 0 aromatic carbocycles. The lowest BCUT2D eigenvalue weighted by Gasteiger charge is -2.22. The molecule has 0 aliphatic carbocycles. The summed E-state index contributed by atoms with van der Waals surface area (Å²) >= 11 is 1.37. The molecule has 4 nitrogen and oxygen atoms in total. The van der Waals surface area contributed by atoms with Crippen LogP contribution in [0.1, 0.15) is 27.7 Å². The second-order valence-electron chi connectivity index (χ2n) is 3.32. The van der Waals surface area contributed by atoms with Gasteiger partial charge in [-0.25, -0.2) is 0 Å². The van der Waals surface area contributed by atoms with Gasteiger partial charge in [-0.2, -0.15) is 4.99 Å². The molecule has 0 saturated heterocycles. The molecule has 0 aromatic rings. The maximum absolute atomic E-state index is 5.32. The van der Waals surface area contributed by atoms with Crippen LogP contribution in [0.2, 0.25) is 0 Å². The predicted octanol–water partition coefficient (Wildman–Crippen LogP) is 2.08. The Morgan fingerprint density at radius 1 is 1.38 bits per heavy atom. The van der Waals surface area contributed by atoms with E-state index in [9.17, 15) is 0 Å². The zero-order chi connectivity index (χ0) is 9.84. The van der Waals surface area contributed by atoms with Crippen molar-refractivity contribution in [1.82, 2.24) is 4.31 Å². The zero-order valence-electron chi connectivity index (χ0n) is 8.39. The molecular formula is C8H15N3OS. The maximum atomic E-state index is 5.32. The van der Waals surface area contributed by atoms with Crippen LogP contribution in [0.4, 0.5) is 0 Å². The third-order valence-electron chi connectivity index (χ3n) is 1.35. The van der Waals surface area contributed by atoms with Crippen molar-refractivity contribution in [3.8, 4) is 0 Å². The number of amidine groups is 1. The molecule has 0 fully saturated rings. The van der Waals surface area contributed by atoms with Crippen LogP contribution in [-0.4, -0.2) is 28.8 Å². The van der Waals surface area contributed by atoms with Crippen molar-refractivity contribution in [2.24, 2.45) is 9.39 Å². The van der Waals surface area contributed by atoms with E-state index < -0.39 is 0 Å². The number of hydrogen-bond acceptors (Lipinski definition) is 5. The fourth-order valence-electron chi connectivity index (χ4n) is 0.723. The van der Waals surface area contributed by atoms with Crippen molar-refractivity contribution in [3.63, 3.8) is 0 Å². The van der Waals surface area contributed by atoms with Gasteiger partial charge in [0.1, 0.15) is 6.34 Å². The molecule has 13 heavy (non-hydrogen) atoms. The molecule has 0 amide bonds. The molecule has 0 spiro atoms. The first-order valence-corrected chi connectivity index (χ1v) is 5.07. The van der Waals surface area contributed by atoms with Gasteiger partial charge in [0.25, 0.3) is 0 Å². The predicted molar refractivity (Wildman–Crippen MR) is 56.7 cm³/mol. The topological polar surface area (TPSA) is 37.2 Å². The Hall–Kier alpha value is -0.710. The second kappa shape index (κ2) is 4.50. The summed E-state index contributed by atoms with van der Waals surface area (Å²) in [7, 11) is 0. The van der Waals surface area contributed by atoms with Gasteiger partial charge in [0.05, 0.1) is 18.2 Å². The van der Waals surface area contributed by atoms with E-state index in [2.05, 4.69) is 23.2 Å². The van der Waals surface area contributed by atoms with Crippen LogP contribution in [-0.2, 0) is 4.74 Å². The van der Waals surface area contributed by atoms with Crippen molar-refractivity contribution >= 4 is 24.5 Å². The van der Waals surface area contributed by atoms with Crippen LogP contribution in [0.5, 0.6) is 0 Å². The fourth-order valence-corrected chi connectivity index (χ4v) is 1.26. The second-order valence-corrected chi connectivity index (χ2v) is 4.09. The average molecular weight is 201 g/mol. The normalized spacial score (nSPS) is 16.8. The minimum atomic E-state index is 0.127. The van der Waals surface area contributed by atoms with Gasteiger partial charge in [-0.1, -0.05) is 0 Å². The molecule has 0 aromatic heterocycles. The van der Waals surface area contributed by atoms with Crippen molar-refractivity contribution in [1.29, 1.82) is 0 Å². The molecule has 5 heteroatoms. The van der Waals surface area contributed by atoms with Crippen LogP contribution in [0, 0.1) is 0 Å². The maximum Gasteiger partial charge on any atom is 0.326 e. The van der Waals surface area contributed by atoms with Crippen LogP contribution in [0.15, 0.2) is 9.39 Å². The van der Waals surface area contributed by atoms with E-state index in [1.807, 2.05) is 18.2 Å². The van der Waals surface area contributed by atoms with Gasteiger partial charge in [-0.15, -0.1) is 4.40 Å². The molecule has 0 atom stereocenters. The Balaban J connectivity index is 2.45. The molecule has 1 heterocycles. The largest absolute Gasteiger partial charge is 0.460 e. The van der Waals surface area contributed by atoms with Gasteiger partial charge < -0.3 is 4.74 Å². The highest BCUT2D eigenvalue weighted by Crippen LogP contribution is 2.17. The van der Waals surface area contributed by atoms with E-state index in [0.717, 1.165) is 0 Å². The SMILES string of the molecule is CC(C)OC1=NSN(C(C)C)C=N1. The fraction of sp³-hybridized carbons (Fsp3) is 0.750. The Kier molecular flexibility index (Phi) is 3.59. The smallest absolute Gasteiger partial charge is 0.326 e. The summed E-state index contributed by atoms with van der Waals surface area (Å²) in [6.45, 7) is 8.08. The lowest BCUT2D eigenvalue weighted by atomic mass is 10.4. The summed E-state index contributed by atoms with van der Waals surface area (Å²) < 4.78 is 11.4. The summed E-state index contributed by atoms with van der Waals surface area (Å²) in [5.41, 5.74) is 0. The zero-order valence-corrected chi connectivity index (χ0v) is 9.21. The molecule has 0 N–H and O–H groups in total. The van der Waals surface area contributed by atoms with Crippen LogP contribution in [0.3, 0.4) is 0 Å². The van der Waals surface area contributed by atoms with E-state index in [-0.39, 0.29) is 6.10 Å². The summed E-state index contributed by atoms with van der Waals surface area (Å²) in [6, 6.07) is 0.856. The molecular weight excluding hydrogens is 186 g/mol. The van der Waals surface area contributed by atoms with E-state index in [1.54, 1.807) is 6.34 Å². The Labute approximate surface area is 83.3 Å². The highest BCUT2D eigenvalue weighted by molar-refractivity contribution is 7.96. The number of rotatable bonds is 2. The number of hydrogen-bond donors (Lipinski definition) is 0. The Bertz CT molecular complexity index is 225.